The van der Waals surface area contributed by atoms with Gasteiger partial charge in [-0.2, -0.15) is 0 Å². The first kappa shape index (κ1) is 13.9. The number of amides is 1. The Bertz CT molecular complexity index is 730. The summed E-state index contributed by atoms with van der Waals surface area (Å²) in [6, 6.07) is 0. The maximum atomic E-state index is 12.1. The summed E-state index contributed by atoms with van der Waals surface area (Å²) in [6.07, 6.45) is 2.65. The lowest BCUT2D eigenvalue weighted by atomic mass is 9.78. The number of carbonyl (C=O) groups excluding carboxylic acids is 2. The Kier molecular flexibility index (Phi) is 3.16. The summed E-state index contributed by atoms with van der Waals surface area (Å²) in [5.74, 6) is -0.376. The van der Waals surface area contributed by atoms with Crippen LogP contribution in [0, 0.1) is 12.3 Å². The fourth-order valence-electron chi connectivity index (χ4n) is 2.38. The van der Waals surface area contributed by atoms with Crippen molar-refractivity contribution in [3.63, 3.8) is 0 Å². The number of anilines is 1. The lowest BCUT2D eigenvalue weighted by Crippen LogP contribution is -2.26. The van der Waals surface area contributed by atoms with Crippen LogP contribution in [0.25, 0.3) is 0 Å². The highest BCUT2D eigenvalue weighted by atomic mass is 32.1. The van der Waals surface area contributed by atoms with Crippen LogP contribution < -0.4 is 5.32 Å². The molecule has 2 aromatic rings. The number of thiazole rings is 1. The third-order valence-corrected chi connectivity index (χ3v) is 4.32. The van der Waals surface area contributed by atoms with Crippen LogP contribution in [0.3, 0.4) is 0 Å². The third kappa shape index (κ3) is 2.73. The molecule has 0 saturated carbocycles. The average Bonchev–Trinajstić information content (AvgIpc) is 2.94. The van der Waals surface area contributed by atoms with Gasteiger partial charge in [0.15, 0.2) is 10.9 Å². The van der Waals surface area contributed by atoms with Crippen molar-refractivity contribution in [2.24, 2.45) is 5.41 Å². The van der Waals surface area contributed by atoms with E-state index in [0.717, 1.165) is 12.1 Å². The number of nitrogens with one attached hydrogen (secondary N) is 1. The summed E-state index contributed by atoms with van der Waals surface area (Å²) < 4.78 is 5.04. The second kappa shape index (κ2) is 4.77. The van der Waals surface area contributed by atoms with E-state index in [1.54, 1.807) is 6.92 Å². The number of hydrogen-bond acceptors (Lipinski definition) is 6. The molecule has 1 aliphatic carbocycles. The molecule has 6 nitrogen and oxygen atoms in total. The minimum absolute atomic E-state index is 0.00710. The Hall–Kier alpha value is -2.02. The van der Waals surface area contributed by atoms with Crippen molar-refractivity contribution in [3.8, 4) is 0 Å². The standard InChI is InChI=1S/C14H15N3O3S/c1-7-6-20-12(15-7)11(19)17-13-16-8-4-14(2,3)5-9(18)10(8)21-13/h6H,4-5H2,1-3H3,(H,16,17,19). The molecule has 2 heterocycles. The Labute approximate surface area is 125 Å². The van der Waals surface area contributed by atoms with Crippen LogP contribution in [-0.2, 0) is 6.42 Å². The molecule has 1 N–H and O–H groups in total. The molecule has 0 spiro atoms. The minimum Gasteiger partial charge on any atom is -0.441 e. The van der Waals surface area contributed by atoms with Crippen LogP contribution in [0.2, 0.25) is 0 Å². The van der Waals surface area contributed by atoms with Crippen molar-refractivity contribution in [1.82, 2.24) is 9.97 Å². The molecule has 0 aromatic carbocycles. The van der Waals surface area contributed by atoms with E-state index in [0.29, 0.717) is 22.1 Å². The number of aromatic nitrogens is 2. The normalized spacial score (nSPS) is 16.6. The SMILES string of the molecule is Cc1coc(C(=O)Nc2nc3c(s2)C(=O)CC(C)(C)C3)n1. The largest absolute Gasteiger partial charge is 0.441 e. The lowest BCUT2D eigenvalue weighted by Gasteiger charge is -2.26. The summed E-state index contributed by atoms with van der Waals surface area (Å²) in [5, 5.41) is 3.05. The fourth-order valence-corrected chi connectivity index (χ4v) is 3.30. The molecule has 2 aromatic heterocycles. The third-order valence-electron chi connectivity index (χ3n) is 3.27. The van der Waals surface area contributed by atoms with E-state index in [-0.39, 0.29) is 17.1 Å². The molecule has 21 heavy (non-hydrogen) atoms. The van der Waals surface area contributed by atoms with Crippen molar-refractivity contribution >= 4 is 28.2 Å². The van der Waals surface area contributed by atoms with Gasteiger partial charge in [0.25, 0.3) is 5.89 Å². The fraction of sp³-hybridized carbons (Fsp3) is 0.429. The van der Waals surface area contributed by atoms with Gasteiger partial charge in [-0.3, -0.25) is 14.9 Å². The Morgan fingerprint density at radius 1 is 1.38 bits per heavy atom. The second-order valence-corrected chi connectivity index (χ2v) is 6.98. The van der Waals surface area contributed by atoms with Gasteiger partial charge in [-0.05, 0) is 18.8 Å². The monoisotopic (exact) mass is 305 g/mol. The smallest absolute Gasteiger partial charge is 0.313 e. The van der Waals surface area contributed by atoms with Crippen LogP contribution in [0.1, 0.15) is 52.0 Å². The van der Waals surface area contributed by atoms with Crippen LogP contribution in [0.5, 0.6) is 0 Å². The molecule has 110 valence electrons. The molecule has 0 aliphatic heterocycles. The summed E-state index contributed by atoms with van der Waals surface area (Å²) in [7, 11) is 0. The molecule has 0 atom stereocenters. The van der Waals surface area contributed by atoms with Crippen molar-refractivity contribution in [2.45, 2.75) is 33.6 Å². The highest BCUT2D eigenvalue weighted by Crippen LogP contribution is 2.38. The van der Waals surface area contributed by atoms with E-state index in [1.807, 2.05) is 13.8 Å². The Morgan fingerprint density at radius 2 is 2.14 bits per heavy atom. The highest BCUT2D eigenvalue weighted by Gasteiger charge is 2.34. The number of nitrogens with zero attached hydrogens (tertiary/aromatic N) is 2. The van der Waals surface area contributed by atoms with Crippen molar-refractivity contribution < 1.29 is 14.0 Å². The van der Waals surface area contributed by atoms with Crippen LogP contribution in [0.4, 0.5) is 5.13 Å². The van der Waals surface area contributed by atoms with E-state index in [1.165, 1.54) is 17.6 Å². The molecule has 3 rings (SSSR count). The maximum Gasteiger partial charge on any atom is 0.313 e. The number of Topliss-reactive ketones (excluding diaryl/α,β-unsaturated/α-hetero) is 1. The summed E-state index contributed by atoms with van der Waals surface area (Å²) in [6.45, 7) is 5.82. The zero-order chi connectivity index (χ0) is 15.2. The molecular formula is C14H15N3O3S. The molecule has 0 fully saturated rings. The van der Waals surface area contributed by atoms with Gasteiger partial charge in [-0.1, -0.05) is 25.2 Å². The number of hydrogen-bond donors (Lipinski definition) is 1. The van der Waals surface area contributed by atoms with Crippen molar-refractivity contribution in [2.75, 3.05) is 5.32 Å². The quantitative estimate of drug-likeness (QED) is 0.922. The molecule has 0 radical (unpaired) electrons. The number of oxazole rings is 1. The number of rotatable bonds is 2. The van der Waals surface area contributed by atoms with Gasteiger partial charge in [0.2, 0.25) is 0 Å². The van der Waals surface area contributed by atoms with Crippen LogP contribution >= 0.6 is 11.3 Å². The molecule has 0 unspecified atom stereocenters. The first-order valence-electron chi connectivity index (χ1n) is 6.60. The predicted molar refractivity (Wildman–Crippen MR) is 77.7 cm³/mol. The van der Waals surface area contributed by atoms with Gasteiger partial charge >= 0.3 is 5.91 Å². The second-order valence-electron chi connectivity index (χ2n) is 5.98. The Balaban J connectivity index is 1.82. The first-order chi connectivity index (χ1) is 9.84. The molecule has 0 saturated heterocycles. The number of fused-ring (bicyclic) bond motifs is 1. The highest BCUT2D eigenvalue weighted by molar-refractivity contribution is 7.17. The molecule has 1 aliphatic rings. The topological polar surface area (TPSA) is 85.1 Å². The van der Waals surface area contributed by atoms with Crippen molar-refractivity contribution in [3.05, 3.63) is 28.4 Å². The molecule has 1 amide bonds. The number of carbonyl (C=O) groups is 2. The summed E-state index contributed by atoms with van der Waals surface area (Å²) >= 11 is 1.21. The van der Waals surface area contributed by atoms with Gasteiger partial charge in [0.05, 0.1) is 16.3 Å². The van der Waals surface area contributed by atoms with Crippen LogP contribution in [0.15, 0.2) is 10.7 Å². The van der Waals surface area contributed by atoms with Gasteiger partial charge in [0, 0.05) is 6.42 Å². The molecule has 0 bridgehead atoms. The van der Waals surface area contributed by atoms with E-state index < -0.39 is 5.91 Å². The number of ketones is 1. The lowest BCUT2D eigenvalue weighted by molar-refractivity contribution is 0.0915. The van der Waals surface area contributed by atoms with Gasteiger partial charge < -0.3 is 4.42 Å². The Morgan fingerprint density at radius 3 is 2.81 bits per heavy atom. The van der Waals surface area contributed by atoms with Gasteiger partial charge in [0.1, 0.15) is 6.26 Å². The molecule has 7 heteroatoms. The average molecular weight is 305 g/mol. The van der Waals surface area contributed by atoms with Gasteiger partial charge in [-0.25, -0.2) is 9.97 Å². The first-order valence-corrected chi connectivity index (χ1v) is 7.42. The number of aryl methyl sites for hydroxylation is 1. The van der Waals surface area contributed by atoms with Gasteiger partial charge in [-0.15, -0.1) is 0 Å². The summed E-state index contributed by atoms with van der Waals surface area (Å²) in [5.41, 5.74) is 1.31. The minimum atomic E-state index is -0.457. The van der Waals surface area contributed by atoms with E-state index in [2.05, 4.69) is 15.3 Å². The predicted octanol–water partition coefficient (Wildman–Crippen LogP) is 2.85. The van der Waals surface area contributed by atoms with Crippen molar-refractivity contribution in [1.29, 1.82) is 0 Å². The van der Waals surface area contributed by atoms with E-state index in [9.17, 15) is 9.59 Å². The van der Waals surface area contributed by atoms with Crippen LogP contribution in [-0.4, -0.2) is 21.7 Å². The van der Waals surface area contributed by atoms with E-state index >= 15 is 0 Å². The maximum absolute atomic E-state index is 12.1. The van der Waals surface area contributed by atoms with E-state index in [4.69, 9.17) is 4.42 Å². The molecular weight excluding hydrogens is 290 g/mol. The zero-order valence-corrected chi connectivity index (χ0v) is 12.8. The zero-order valence-electron chi connectivity index (χ0n) is 12.0. The summed E-state index contributed by atoms with van der Waals surface area (Å²) in [4.78, 5) is 33.0.